The number of hydrogen-bond acceptors (Lipinski definition) is 3. The average molecular weight is 267 g/mol. The van der Waals surface area contributed by atoms with Crippen molar-refractivity contribution < 1.29 is 9.53 Å². The third-order valence-electron chi connectivity index (χ3n) is 1.98. The third kappa shape index (κ3) is 4.27. The third-order valence-corrected chi connectivity index (χ3v) is 2.23. The van der Waals surface area contributed by atoms with E-state index in [0.29, 0.717) is 10.7 Å². The van der Waals surface area contributed by atoms with Crippen molar-refractivity contribution in [2.24, 2.45) is 0 Å². The highest BCUT2D eigenvalue weighted by atomic mass is 35.5. The van der Waals surface area contributed by atoms with Crippen LogP contribution in [0.25, 0.3) is 0 Å². The molecule has 5 heteroatoms. The lowest BCUT2D eigenvalue weighted by Crippen LogP contribution is -2.37. The molecule has 0 N–H and O–H groups in total. The summed E-state index contributed by atoms with van der Waals surface area (Å²) in [6.45, 7) is 5.25. The van der Waals surface area contributed by atoms with Crippen LogP contribution < -0.4 is 4.90 Å². The maximum absolute atomic E-state index is 12.0. The standard InChI is InChI=1S/C13H15ClN2O2/c1-13(2,3)18-12(17)16(9-8-15)11-6-4-10(14)5-7-11/h4-7H,9H2,1-3H3. The van der Waals surface area contributed by atoms with E-state index in [1.165, 1.54) is 4.90 Å². The van der Waals surface area contributed by atoms with Crippen LogP contribution in [-0.4, -0.2) is 18.2 Å². The van der Waals surface area contributed by atoms with Gasteiger partial charge in [0.15, 0.2) is 0 Å². The van der Waals surface area contributed by atoms with Crippen molar-refractivity contribution in [3.63, 3.8) is 0 Å². The van der Waals surface area contributed by atoms with Gasteiger partial charge in [-0.1, -0.05) is 11.6 Å². The molecule has 0 atom stereocenters. The maximum atomic E-state index is 12.0. The molecule has 0 radical (unpaired) electrons. The van der Waals surface area contributed by atoms with E-state index in [0.717, 1.165) is 0 Å². The first-order chi connectivity index (χ1) is 8.33. The van der Waals surface area contributed by atoms with E-state index < -0.39 is 11.7 Å². The van der Waals surface area contributed by atoms with Gasteiger partial charge in [-0.15, -0.1) is 0 Å². The number of ether oxygens (including phenoxy) is 1. The van der Waals surface area contributed by atoms with Crippen molar-refractivity contribution in [3.8, 4) is 6.07 Å². The molecule has 0 heterocycles. The molecule has 0 fully saturated rings. The van der Waals surface area contributed by atoms with E-state index in [9.17, 15) is 4.79 Å². The fourth-order valence-electron chi connectivity index (χ4n) is 1.27. The van der Waals surface area contributed by atoms with Gasteiger partial charge in [-0.3, -0.25) is 4.90 Å². The zero-order valence-corrected chi connectivity index (χ0v) is 11.4. The number of carbonyl (C=O) groups is 1. The highest BCUT2D eigenvalue weighted by molar-refractivity contribution is 6.30. The molecule has 1 aromatic rings. The summed E-state index contributed by atoms with van der Waals surface area (Å²) >= 11 is 5.78. The topological polar surface area (TPSA) is 53.3 Å². The first-order valence-corrected chi connectivity index (χ1v) is 5.84. The number of amides is 1. The Balaban J connectivity index is 2.93. The van der Waals surface area contributed by atoms with Gasteiger partial charge in [0, 0.05) is 10.7 Å². The van der Waals surface area contributed by atoms with E-state index in [1.54, 1.807) is 45.0 Å². The molecule has 1 aromatic carbocycles. The normalized spacial score (nSPS) is 10.6. The first-order valence-electron chi connectivity index (χ1n) is 5.46. The summed E-state index contributed by atoms with van der Waals surface area (Å²) in [4.78, 5) is 13.2. The van der Waals surface area contributed by atoms with Crippen LogP contribution in [0.2, 0.25) is 5.02 Å². The van der Waals surface area contributed by atoms with Gasteiger partial charge < -0.3 is 4.74 Å². The predicted octanol–water partition coefficient (Wildman–Crippen LogP) is 3.61. The molecule has 1 amide bonds. The van der Waals surface area contributed by atoms with Gasteiger partial charge in [0.05, 0.1) is 6.07 Å². The Hall–Kier alpha value is -1.73. The van der Waals surface area contributed by atoms with Gasteiger partial charge in [-0.05, 0) is 45.0 Å². The predicted molar refractivity (Wildman–Crippen MR) is 70.6 cm³/mol. The van der Waals surface area contributed by atoms with Crippen molar-refractivity contribution in [2.45, 2.75) is 26.4 Å². The summed E-state index contributed by atoms with van der Waals surface area (Å²) < 4.78 is 5.24. The first kappa shape index (κ1) is 14.3. The molecule has 0 saturated heterocycles. The fraction of sp³-hybridized carbons (Fsp3) is 0.385. The van der Waals surface area contributed by atoms with Crippen LogP contribution in [0, 0.1) is 11.3 Å². The largest absolute Gasteiger partial charge is 0.443 e. The molecule has 0 unspecified atom stereocenters. The molecule has 0 saturated carbocycles. The van der Waals surface area contributed by atoms with E-state index >= 15 is 0 Å². The van der Waals surface area contributed by atoms with E-state index in [1.807, 2.05) is 6.07 Å². The van der Waals surface area contributed by atoms with Crippen LogP contribution >= 0.6 is 11.6 Å². The lowest BCUT2D eigenvalue weighted by atomic mass is 10.2. The zero-order chi connectivity index (χ0) is 13.8. The molecule has 4 nitrogen and oxygen atoms in total. The van der Waals surface area contributed by atoms with Gasteiger partial charge in [0.25, 0.3) is 0 Å². The summed E-state index contributed by atoms with van der Waals surface area (Å²) in [5.41, 5.74) is -0.0211. The van der Waals surface area contributed by atoms with Crippen LogP contribution in [0.4, 0.5) is 10.5 Å². The number of rotatable bonds is 2. The lowest BCUT2D eigenvalue weighted by Gasteiger charge is -2.25. The van der Waals surface area contributed by atoms with E-state index in [2.05, 4.69) is 0 Å². The van der Waals surface area contributed by atoms with Crippen LogP contribution in [0.15, 0.2) is 24.3 Å². The van der Waals surface area contributed by atoms with Crippen molar-refractivity contribution in [1.82, 2.24) is 0 Å². The highest BCUT2D eigenvalue weighted by Crippen LogP contribution is 2.20. The maximum Gasteiger partial charge on any atom is 0.415 e. The van der Waals surface area contributed by atoms with Crippen molar-refractivity contribution in [1.29, 1.82) is 5.26 Å². The van der Waals surface area contributed by atoms with Crippen LogP contribution in [-0.2, 0) is 4.74 Å². The van der Waals surface area contributed by atoms with Gasteiger partial charge >= 0.3 is 6.09 Å². The van der Waals surface area contributed by atoms with Crippen LogP contribution in [0.3, 0.4) is 0 Å². The van der Waals surface area contributed by atoms with Crippen LogP contribution in [0.5, 0.6) is 0 Å². The van der Waals surface area contributed by atoms with E-state index in [-0.39, 0.29) is 6.54 Å². The molecule has 0 aliphatic carbocycles. The van der Waals surface area contributed by atoms with Crippen molar-refractivity contribution in [3.05, 3.63) is 29.3 Å². The molecule has 18 heavy (non-hydrogen) atoms. The number of nitrogens with zero attached hydrogens (tertiary/aromatic N) is 2. The molecule has 0 aliphatic heterocycles. The van der Waals surface area contributed by atoms with Gasteiger partial charge in [0.2, 0.25) is 0 Å². The monoisotopic (exact) mass is 266 g/mol. The number of halogens is 1. The Bertz CT molecular complexity index is 457. The highest BCUT2D eigenvalue weighted by Gasteiger charge is 2.23. The Labute approximate surface area is 112 Å². The molecule has 0 aliphatic rings. The SMILES string of the molecule is CC(C)(C)OC(=O)N(CC#N)c1ccc(Cl)cc1. The lowest BCUT2D eigenvalue weighted by molar-refractivity contribution is 0.0585. The Morgan fingerprint density at radius 1 is 1.39 bits per heavy atom. The minimum Gasteiger partial charge on any atom is -0.443 e. The van der Waals surface area contributed by atoms with Crippen molar-refractivity contribution in [2.75, 3.05) is 11.4 Å². The number of carbonyl (C=O) groups excluding carboxylic acids is 1. The smallest absolute Gasteiger partial charge is 0.415 e. The Morgan fingerprint density at radius 3 is 2.39 bits per heavy atom. The molecule has 96 valence electrons. The molecule has 0 aromatic heterocycles. The quantitative estimate of drug-likeness (QED) is 0.769. The minimum atomic E-state index is -0.600. The zero-order valence-electron chi connectivity index (χ0n) is 10.6. The van der Waals surface area contributed by atoms with Crippen molar-refractivity contribution >= 4 is 23.4 Å². The fourth-order valence-corrected chi connectivity index (χ4v) is 1.40. The summed E-state index contributed by atoms with van der Waals surface area (Å²) in [6, 6.07) is 8.60. The molecule has 0 bridgehead atoms. The second kappa shape index (κ2) is 5.74. The Kier molecular flexibility index (Phi) is 4.57. The molecule has 0 spiro atoms. The molecule has 1 rings (SSSR count). The van der Waals surface area contributed by atoms with Crippen LogP contribution in [0.1, 0.15) is 20.8 Å². The number of benzene rings is 1. The van der Waals surface area contributed by atoms with Gasteiger partial charge in [0.1, 0.15) is 12.1 Å². The van der Waals surface area contributed by atoms with Gasteiger partial charge in [-0.2, -0.15) is 5.26 Å². The van der Waals surface area contributed by atoms with Gasteiger partial charge in [-0.25, -0.2) is 4.79 Å². The second-order valence-corrected chi connectivity index (χ2v) is 5.14. The summed E-state index contributed by atoms with van der Waals surface area (Å²) in [6.07, 6.45) is -0.550. The summed E-state index contributed by atoms with van der Waals surface area (Å²) in [5, 5.41) is 9.34. The Morgan fingerprint density at radius 2 is 1.94 bits per heavy atom. The van der Waals surface area contributed by atoms with E-state index in [4.69, 9.17) is 21.6 Å². The minimum absolute atomic E-state index is 0.0729. The number of nitriles is 1. The average Bonchev–Trinajstić information content (AvgIpc) is 2.25. The number of hydrogen-bond donors (Lipinski definition) is 0. The summed E-state index contributed by atoms with van der Waals surface area (Å²) in [5.74, 6) is 0. The second-order valence-electron chi connectivity index (χ2n) is 4.70. The number of anilines is 1. The molecular formula is C13H15ClN2O2. The summed E-state index contributed by atoms with van der Waals surface area (Å²) in [7, 11) is 0. The molecular weight excluding hydrogens is 252 g/mol.